The van der Waals surface area contributed by atoms with E-state index in [9.17, 15) is 14.0 Å². The Kier molecular flexibility index (Phi) is 4.25. The van der Waals surface area contributed by atoms with Crippen molar-refractivity contribution in [1.29, 1.82) is 0 Å². The first-order valence-corrected chi connectivity index (χ1v) is 7.57. The molecule has 2 heterocycles. The van der Waals surface area contributed by atoms with Crippen LogP contribution in [0.25, 0.3) is 5.69 Å². The van der Waals surface area contributed by atoms with Crippen LogP contribution in [0.5, 0.6) is 0 Å². The van der Waals surface area contributed by atoms with E-state index in [1.54, 1.807) is 29.3 Å². The maximum absolute atomic E-state index is 14.4. The number of hydrogen-bond donors (Lipinski definition) is 1. The maximum atomic E-state index is 14.4. The van der Waals surface area contributed by atoms with Crippen molar-refractivity contribution >= 4 is 5.91 Å². The normalized spacial score (nSPS) is 17.5. The van der Waals surface area contributed by atoms with E-state index in [-0.39, 0.29) is 22.9 Å². The molecule has 1 saturated heterocycles. The summed E-state index contributed by atoms with van der Waals surface area (Å²) < 4.78 is 15.7. The summed E-state index contributed by atoms with van der Waals surface area (Å²) in [6.07, 6.45) is 2.41. The molecule has 0 spiro atoms. The number of carbonyl (C=O) groups excluding carboxylic acids is 1. The monoisotopic (exact) mass is 315 g/mol. The molecule has 6 heteroatoms. The van der Waals surface area contributed by atoms with E-state index < -0.39 is 5.82 Å². The van der Waals surface area contributed by atoms with E-state index in [0.717, 1.165) is 6.42 Å². The third-order valence-electron chi connectivity index (χ3n) is 4.19. The Morgan fingerprint density at radius 3 is 2.78 bits per heavy atom. The first-order valence-electron chi connectivity index (χ1n) is 7.57. The van der Waals surface area contributed by atoms with Gasteiger partial charge in [0.15, 0.2) is 0 Å². The van der Waals surface area contributed by atoms with Crippen LogP contribution in [-0.4, -0.2) is 35.0 Å². The number of carbonyl (C=O) groups is 1. The molecule has 120 valence electrons. The van der Waals surface area contributed by atoms with Gasteiger partial charge in [0.25, 0.3) is 11.5 Å². The molecule has 5 nitrogen and oxygen atoms in total. The smallest absolute Gasteiger partial charge is 0.256 e. The zero-order chi connectivity index (χ0) is 16.4. The van der Waals surface area contributed by atoms with Crippen LogP contribution >= 0.6 is 0 Å². The summed E-state index contributed by atoms with van der Waals surface area (Å²) in [5, 5.41) is 0. The highest BCUT2D eigenvalue weighted by atomic mass is 19.1. The third kappa shape index (κ3) is 3.03. The van der Waals surface area contributed by atoms with Crippen LogP contribution in [0.4, 0.5) is 4.39 Å². The molecule has 3 rings (SSSR count). The summed E-state index contributed by atoms with van der Waals surface area (Å²) in [5.74, 6) is -0.672. The summed E-state index contributed by atoms with van der Waals surface area (Å²) in [4.78, 5) is 25.8. The minimum Gasteiger partial charge on any atom is -0.338 e. The molecule has 1 fully saturated rings. The fourth-order valence-corrected chi connectivity index (χ4v) is 2.85. The molecule has 1 aliphatic heterocycles. The molecule has 1 unspecified atom stereocenters. The molecule has 2 N–H and O–H groups in total. The Hall–Kier alpha value is -2.47. The number of benzene rings is 1. The van der Waals surface area contributed by atoms with E-state index >= 15 is 0 Å². The van der Waals surface area contributed by atoms with Gasteiger partial charge in [-0.15, -0.1) is 0 Å². The van der Waals surface area contributed by atoms with Gasteiger partial charge in [-0.05, 0) is 43.1 Å². The van der Waals surface area contributed by atoms with E-state index in [1.807, 2.05) is 0 Å². The van der Waals surface area contributed by atoms with Gasteiger partial charge in [-0.3, -0.25) is 14.2 Å². The predicted molar refractivity (Wildman–Crippen MR) is 85.1 cm³/mol. The highest BCUT2D eigenvalue weighted by Crippen LogP contribution is 2.20. The molecule has 1 atom stereocenters. The lowest BCUT2D eigenvalue weighted by Gasteiger charge is -2.17. The Bertz CT molecular complexity index is 787. The summed E-state index contributed by atoms with van der Waals surface area (Å²) >= 11 is 0. The first kappa shape index (κ1) is 15.4. The number of hydrogen-bond acceptors (Lipinski definition) is 3. The average Bonchev–Trinajstić information content (AvgIpc) is 3.04. The molecule has 0 aliphatic carbocycles. The maximum Gasteiger partial charge on any atom is 0.256 e. The molecule has 23 heavy (non-hydrogen) atoms. The van der Waals surface area contributed by atoms with Crippen molar-refractivity contribution in [1.82, 2.24) is 9.47 Å². The van der Waals surface area contributed by atoms with Gasteiger partial charge < -0.3 is 10.6 Å². The summed E-state index contributed by atoms with van der Waals surface area (Å²) in [6.45, 7) is 1.69. The number of rotatable bonds is 3. The van der Waals surface area contributed by atoms with Gasteiger partial charge in [-0.2, -0.15) is 0 Å². The molecule has 1 aromatic carbocycles. The Balaban J connectivity index is 1.87. The molecule has 0 saturated carbocycles. The van der Waals surface area contributed by atoms with Gasteiger partial charge in [0.05, 0.1) is 11.3 Å². The number of nitrogens with zero attached hydrogens (tertiary/aromatic N) is 2. The highest BCUT2D eigenvalue weighted by molar-refractivity contribution is 5.94. The fourth-order valence-electron chi connectivity index (χ4n) is 2.85. The zero-order valence-corrected chi connectivity index (χ0v) is 12.6. The summed E-state index contributed by atoms with van der Waals surface area (Å²) in [7, 11) is 0. The third-order valence-corrected chi connectivity index (χ3v) is 4.19. The van der Waals surface area contributed by atoms with Gasteiger partial charge in [0.1, 0.15) is 5.82 Å². The van der Waals surface area contributed by atoms with E-state index in [2.05, 4.69) is 0 Å². The van der Waals surface area contributed by atoms with Crippen molar-refractivity contribution in [2.75, 3.05) is 19.6 Å². The van der Waals surface area contributed by atoms with E-state index in [4.69, 9.17) is 5.73 Å². The lowest BCUT2D eigenvalue weighted by molar-refractivity contribution is 0.0783. The number of aromatic nitrogens is 1. The summed E-state index contributed by atoms with van der Waals surface area (Å²) in [6, 6.07) is 8.93. The topological polar surface area (TPSA) is 68.3 Å². The lowest BCUT2D eigenvalue weighted by atomic mass is 10.1. The standard InChI is InChI=1S/C17H18FN3O2/c18-15-9-13(21-7-2-1-3-16(21)22)4-5-14(15)17(23)20-8-6-12(10-19)11-20/h1-5,7,9,12H,6,8,10-11,19H2. The molecule has 1 aliphatic rings. The van der Waals surface area contributed by atoms with Crippen LogP contribution in [0.2, 0.25) is 0 Å². The fraction of sp³-hybridized carbons (Fsp3) is 0.294. The van der Waals surface area contributed by atoms with E-state index in [1.165, 1.54) is 22.8 Å². The Morgan fingerprint density at radius 2 is 2.13 bits per heavy atom. The van der Waals surface area contributed by atoms with Crippen LogP contribution in [0.1, 0.15) is 16.8 Å². The van der Waals surface area contributed by atoms with Crippen molar-refractivity contribution < 1.29 is 9.18 Å². The molecular formula is C17H18FN3O2. The molecule has 0 radical (unpaired) electrons. The number of halogens is 1. The number of nitrogens with two attached hydrogens (primary N) is 1. The van der Waals surface area contributed by atoms with Gasteiger partial charge in [-0.25, -0.2) is 4.39 Å². The SMILES string of the molecule is NCC1CCN(C(=O)c2ccc(-n3ccccc3=O)cc2F)C1. The predicted octanol–water partition coefficient (Wildman–Crippen LogP) is 1.40. The largest absolute Gasteiger partial charge is 0.338 e. The van der Waals surface area contributed by atoms with Crippen molar-refractivity contribution in [3.05, 3.63) is 64.3 Å². The van der Waals surface area contributed by atoms with Crippen molar-refractivity contribution in [3.8, 4) is 5.69 Å². The van der Waals surface area contributed by atoms with Crippen LogP contribution < -0.4 is 11.3 Å². The van der Waals surface area contributed by atoms with Crippen LogP contribution in [-0.2, 0) is 0 Å². The zero-order valence-electron chi connectivity index (χ0n) is 12.6. The summed E-state index contributed by atoms with van der Waals surface area (Å²) in [5.41, 5.74) is 5.78. The number of likely N-dealkylation sites (tertiary alicyclic amines) is 1. The second-order valence-electron chi connectivity index (χ2n) is 5.71. The van der Waals surface area contributed by atoms with Crippen LogP contribution in [0.3, 0.4) is 0 Å². The van der Waals surface area contributed by atoms with E-state index in [0.29, 0.717) is 25.3 Å². The highest BCUT2D eigenvalue weighted by Gasteiger charge is 2.27. The van der Waals surface area contributed by atoms with Gasteiger partial charge >= 0.3 is 0 Å². The first-order chi connectivity index (χ1) is 11.1. The van der Waals surface area contributed by atoms with Crippen molar-refractivity contribution in [3.63, 3.8) is 0 Å². The molecular weight excluding hydrogens is 297 g/mol. The lowest BCUT2D eigenvalue weighted by Crippen LogP contribution is -2.30. The van der Waals surface area contributed by atoms with Crippen LogP contribution in [0, 0.1) is 11.7 Å². The quantitative estimate of drug-likeness (QED) is 0.931. The average molecular weight is 315 g/mol. The molecule has 1 amide bonds. The van der Waals surface area contributed by atoms with Gasteiger partial charge in [-0.1, -0.05) is 6.07 Å². The van der Waals surface area contributed by atoms with Crippen molar-refractivity contribution in [2.24, 2.45) is 11.7 Å². The minimum atomic E-state index is -0.626. The second kappa shape index (κ2) is 6.34. The second-order valence-corrected chi connectivity index (χ2v) is 5.71. The van der Waals surface area contributed by atoms with Gasteiger partial charge in [0, 0.05) is 25.4 Å². The van der Waals surface area contributed by atoms with Crippen LogP contribution in [0.15, 0.2) is 47.4 Å². The number of pyridine rings is 1. The van der Waals surface area contributed by atoms with Crippen molar-refractivity contribution in [2.45, 2.75) is 6.42 Å². The Labute approximate surface area is 133 Å². The minimum absolute atomic E-state index is 0.0235. The molecule has 2 aromatic rings. The number of amides is 1. The molecule has 0 bridgehead atoms. The Morgan fingerprint density at radius 1 is 1.30 bits per heavy atom. The molecule has 1 aromatic heterocycles. The van der Waals surface area contributed by atoms with Gasteiger partial charge in [0.2, 0.25) is 0 Å².